The molecule has 101 valence electrons. The maximum absolute atomic E-state index is 10.2. The molecule has 0 spiro atoms. The van der Waals surface area contributed by atoms with Gasteiger partial charge in [-0.2, -0.15) is 4.33 Å². The van der Waals surface area contributed by atoms with E-state index in [1.807, 2.05) is 32.0 Å². The van der Waals surface area contributed by atoms with Crippen LogP contribution in [0.15, 0.2) is 30.3 Å². The van der Waals surface area contributed by atoms with Crippen LogP contribution in [-0.2, 0) is 41.8 Å². The van der Waals surface area contributed by atoms with Gasteiger partial charge in [-0.1, -0.05) is 49.7 Å². The van der Waals surface area contributed by atoms with Gasteiger partial charge in [0.05, 0.1) is 0 Å². The molecule has 1 aromatic carbocycles. The van der Waals surface area contributed by atoms with Crippen molar-refractivity contribution in [3.63, 3.8) is 0 Å². The molecule has 6 heteroatoms. The molecule has 0 fully saturated rings. The van der Waals surface area contributed by atoms with Crippen molar-refractivity contribution in [2.75, 3.05) is 12.8 Å². The first-order valence-electron chi connectivity index (χ1n) is 5.36. The second kappa shape index (κ2) is 19.4. The van der Waals surface area contributed by atoms with E-state index < -0.39 is 0 Å². The monoisotopic (exact) mass is 348 g/mol. The van der Waals surface area contributed by atoms with Gasteiger partial charge in [0.1, 0.15) is 5.75 Å². The Kier molecular flexibility index (Phi) is 25.0. The molecule has 0 saturated heterocycles. The molecule has 0 atom stereocenters. The van der Waals surface area contributed by atoms with Crippen molar-refractivity contribution >= 4 is 17.9 Å². The van der Waals surface area contributed by atoms with E-state index in [0.717, 1.165) is 0 Å². The molecule has 0 aliphatic heterocycles. The van der Waals surface area contributed by atoms with Crippen LogP contribution < -0.4 is 5.32 Å². The van der Waals surface area contributed by atoms with Crippen molar-refractivity contribution in [2.24, 2.45) is 0 Å². The van der Waals surface area contributed by atoms with Crippen LogP contribution in [0.3, 0.4) is 0 Å². The summed E-state index contributed by atoms with van der Waals surface area (Å²) in [7, 11) is 1.51. The Hall–Kier alpha value is 0.0639. The maximum atomic E-state index is 10.2. The Morgan fingerprint density at radius 2 is 1.83 bits per heavy atom. The van der Waals surface area contributed by atoms with Gasteiger partial charge in [-0.25, -0.2) is 5.26 Å². The van der Waals surface area contributed by atoms with Crippen LogP contribution in [-0.4, -0.2) is 24.0 Å². The van der Waals surface area contributed by atoms with Gasteiger partial charge in [-0.05, 0) is 6.92 Å². The van der Waals surface area contributed by atoms with Crippen LogP contribution >= 0.6 is 12.0 Å². The molecule has 0 heterocycles. The third kappa shape index (κ3) is 18.4. The van der Waals surface area contributed by atoms with E-state index in [4.69, 9.17) is 5.26 Å². The molecule has 0 bridgehead atoms. The second-order valence-electron chi connectivity index (χ2n) is 2.66. The standard InChI is InChI=1S/C7H8.C3H7NO3S.C2H6.Y/c1-7-5-3-2-4-6-7;1-4-3(5)2-8-7-6;1-2;/h2-6H,1H3;6H,2H2,1H3,(H,4,5);1-2H3;. The Morgan fingerprint density at radius 1 is 1.33 bits per heavy atom. The van der Waals surface area contributed by atoms with Gasteiger partial charge < -0.3 is 5.32 Å². The fourth-order valence-electron chi connectivity index (χ4n) is 0.686. The van der Waals surface area contributed by atoms with E-state index in [2.05, 4.69) is 28.7 Å². The first-order valence-corrected chi connectivity index (χ1v) is 6.27. The van der Waals surface area contributed by atoms with Gasteiger partial charge in [0.15, 0.2) is 0 Å². The van der Waals surface area contributed by atoms with E-state index in [9.17, 15) is 4.79 Å². The van der Waals surface area contributed by atoms with Gasteiger partial charge in [-0.15, -0.1) is 0 Å². The number of amides is 1. The quantitative estimate of drug-likeness (QED) is 0.501. The number of rotatable bonds is 3. The average Bonchev–Trinajstić information content (AvgIpc) is 2.40. The molecule has 18 heavy (non-hydrogen) atoms. The van der Waals surface area contributed by atoms with E-state index in [-0.39, 0.29) is 44.4 Å². The molecule has 1 radical (unpaired) electrons. The topological polar surface area (TPSA) is 58.6 Å². The predicted octanol–water partition coefficient (Wildman–Crippen LogP) is 2.89. The fraction of sp³-hybridized carbons (Fsp3) is 0.417. The van der Waals surface area contributed by atoms with Crippen molar-refractivity contribution in [3.05, 3.63) is 35.9 Å². The zero-order chi connectivity index (χ0) is 13.5. The number of carbonyl (C=O) groups excluding carboxylic acids is 1. The third-order valence-corrected chi connectivity index (χ3v) is 1.95. The van der Waals surface area contributed by atoms with Crippen molar-refractivity contribution in [1.82, 2.24) is 5.32 Å². The maximum Gasteiger partial charge on any atom is 0.232 e. The molecule has 1 aromatic rings. The van der Waals surface area contributed by atoms with Crippen LogP contribution in [0.25, 0.3) is 0 Å². The summed E-state index contributed by atoms with van der Waals surface area (Å²) in [6, 6.07) is 10.3. The number of hydrogen-bond donors (Lipinski definition) is 2. The minimum absolute atomic E-state index is 0. The fourth-order valence-corrected chi connectivity index (χ4v) is 0.990. The summed E-state index contributed by atoms with van der Waals surface area (Å²) in [5.41, 5.74) is 1.32. The number of hydrogen-bond acceptors (Lipinski definition) is 4. The summed E-state index contributed by atoms with van der Waals surface area (Å²) in [4.78, 5) is 10.2. The van der Waals surface area contributed by atoms with Crippen LogP contribution in [0, 0.1) is 6.92 Å². The summed E-state index contributed by atoms with van der Waals surface area (Å²) in [5.74, 6) is -0.0588. The van der Waals surface area contributed by atoms with Crippen molar-refractivity contribution in [3.8, 4) is 0 Å². The van der Waals surface area contributed by atoms with Gasteiger partial charge in [0.2, 0.25) is 5.91 Å². The predicted molar refractivity (Wildman–Crippen MR) is 72.8 cm³/mol. The zero-order valence-electron chi connectivity index (χ0n) is 11.3. The van der Waals surface area contributed by atoms with Crippen LogP contribution in [0.2, 0.25) is 0 Å². The number of carbonyl (C=O) groups is 1. The number of nitrogens with one attached hydrogen (secondary N) is 1. The van der Waals surface area contributed by atoms with E-state index in [0.29, 0.717) is 12.0 Å². The summed E-state index contributed by atoms with van der Waals surface area (Å²) >= 11 is 0.684. The molecule has 0 aromatic heterocycles. The Morgan fingerprint density at radius 3 is 2.11 bits per heavy atom. The Bertz CT molecular complexity index is 273. The number of benzene rings is 1. The first-order chi connectivity index (χ1) is 8.20. The summed E-state index contributed by atoms with van der Waals surface area (Å²) < 4.78 is 3.57. The SMILES string of the molecule is CC.CNC(=O)CSOO.Cc1ccccc1.[Y]. The molecule has 0 unspecified atom stereocenters. The molecule has 1 rings (SSSR count). The first kappa shape index (κ1) is 23.2. The summed E-state index contributed by atoms with van der Waals surface area (Å²) in [6.07, 6.45) is 0. The molecule has 0 aliphatic rings. The molecule has 0 saturated carbocycles. The summed E-state index contributed by atoms with van der Waals surface area (Å²) in [6.45, 7) is 6.08. The Labute approximate surface area is 139 Å². The molecule has 4 nitrogen and oxygen atoms in total. The minimum Gasteiger partial charge on any atom is -0.358 e. The average molecular weight is 348 g/mol. The van der Waals surface area contributed by atoms with Crippen molar-refractivity contribution in [2.45, 2.75) is 20.8 Å². The van der Waals surface area contributed by atoms with E-state index in [1.165, 1.54) is 12.6 Å². The van der Waals surface area contributed by atoms with Gasteiger partial charge in [0.25, 0.3) is 0 Å². The molecular weight excluding hydrogens is 327 g/mol. The van der Waals surface area contributed by atoms with Crippen LogP contribution in [0.1, 0.15) is 19.4 Å². The normalized spacial score (nSPS) is 7.61. The van der Waals surface area contributed by atoms with E-state index >= 15 is 0 Å². The van der Waals surface area contributed by atoms with Crippen molar-refractivity contribution in [1.29, 1.82) is 0 Å². The van der Waals surface area contributed by atoms with Gasteiger partial charge in [-0.3, -0.25) is 4.79 Å². The van der Waals surface area contributed by atoms with Crippen molar-refractivity contribution < 1.29 is 47.1 Å². The van der Waals surface area contributed by atoms with Gasteiger partial charge >= 0.3 is 0 Å². The Balaban J connectivity index is -0.000000210. The van der Waals surface area contributed by atoms with Crippen LogP contribution in [0.5, 0.6) is 0 Å². The zero-order valence-corrected chi connectivity index (χ0v) is 15.0. The van der Waals surface area contributed by atoms with Crippen LogP contribution in [0.4, 0.5) is 0 Å². The molecule has 2 N–H and O–H groups in total. The van der Waals surface area contributed by atoms with Gasteiger partial charge in [0, 0.05) is 51.8 Å². The summed E-state index contributed by atoms with van der Waals surface area (Å²) in [5, 5.41) is 10.0. The smallest absolute Gasteiger partial charge is 0.232 e. The second-order valence-corrected chi connectivity index (χ2v) is 3.34. The number of aryl methyl sites for hydroxylation is 1. The van der Waals surface area contributed by atoms with E-state index in [1.54, 1.807) is 0 Å². The molecular formula is C12H21NO3SY. The largest absolute Gasteiger partial charge is 0.358 e. The third-order valence-electron chi connectivity index (χ3n) is 1.46. The molecule has 1 amide bonds. The minimum atomic E-state index is -0.177. The molecule has 0 aliphatic carbocycles.